The molecule has 0 fully saturated rings. The molecule has 0 spiro atoms. The summed E-state index contributed by atoms with van der Waals surface area (Å²) in [5.74, 6) is -0.611. The van der Waals surface area contributed by atoms with E-state index in [2.05, 4.69) is 17.4 Å². The number of halogens is 1. The number of nitrogens with one attached hydrogen (secondary N) is 1. The van der Waals surface area contributed by atoms with Crippen LogP contribution in [0.15, 0.2) is 48.5 Å². The predicted molar refractivity (Wildman–Crippen MR) is 83.9 cm³/mol. The van der Waals surface area contributed by atoms with Gasteiger partial charge in [0.25, 0.3) is 0 Å². The van der Waals surface area contributed by atoms with Crippen LogP contribution >= 0.6 is 11.6 Å². The molecule has 2 atom stereocenters. The second-order valence-electron chi connectivity index (χ2n) is 5.30. The Kier molecular flexibility index (Phi) is 3.84. The molecule has 0 bridgehead atoms. The van der Waals surface area contributed by atoms with Crippen molar-refractivity contribution in [2.45, 2.75) is 24.8 Å². The van der Waals surface area contributed by atoms with E-state index in [0.29, 0.717) is 11.4 Å². The smallest absolute Gasteiger partial charge is 0.303 e. The van der Waals surface area contributed by atoms with E-state index < -0.39 is 5.97 Å². The largest absolute Gasteiger partial charge is 0.481 e. The zero-order valence-electron chi connectivity index (χ0n) is 11.4. The predicted octanol–water partition coefficient (Wildman–Crippen LogP) is 4.46. The van der Waals surface area contributed by atoms with Gasteiger partial charge in [-0.25, -0.2) is 0 Å². The second kappa shape index (κ2) is 5.78. The summed E-state index contributed by atoms with van der Waals surface area (Å²) in [7, 11) is 0. The van der Waals surface area contributed by atoms with Crippen molar-refractivity contribution in [1.82, 2.24) is 0 Å². The van der Waals surface area contributed by atoms with Gasteiger partial charge in [-0.3, -0.25) is 4.79 Å². The molecule has 1 aliphatic rings. The quantitative estimate of drug-likeness (QED) is 0.877. The van der Waals surface area contributed by atoms with E-state index in [4.69, 9.17) is 16.7 Å². The zero-order chi connectivity index (χ0) is 14.8. The van der Waals surface area contributed by atoms with E-state index >= 15 is 0 Å². The number of hydrogen-bond donors (Lipinski definition) is 2. The van der Waals surface area contributed by atoms with Crippen molar-refractivity contribution < 1.29 is 9.90 Å². The van der Waals surface area contributed by atoms with Crippen molar-refractivity contribution in [1.29, 1.82) is 0 Å². The molecule has 4 heteroatoms. The third kappa shape index (κ3) is 2.88. The second-order valence-corrected chi connectivity index (χ2v) is 5.74. The molecule has 0 saturated carbocycles. The molecule has 0 saturated heterocycles. The molecule has 1 heterocycles. The Morgan fingerprint density at radius 1 is 1.19 bits per heavy atom. The van der Waals surface area contributed by atoms with Crippen molar-refractivity contribution in [3.63, 3.8) is 0 Å². The van der Waals surface area contributed by atoms with Crippen LogP contribution in [0.4, 0.5) is 5.69 Å². The SMILES string of the molecule is O=C(O)CCC1c2ccc(Cl)cc2NC1c1ccccc1. The minimum Gasteiger partial charge on any atom is -0.481 e. The first-order chi connectivity index (χ1) is 10.1. The summed E-state index contributed by atoms with van der Waals surface area (Å²) in [6.45, 7) is 0. The highest BCUT2D eigenvalue weighted by Gasteiger charge is 2.33. The van der Waals surface area contributed by atoms with E-state index in [1.165, 1.54) is 5.56 Å². The number of hydrogen-bond acceptors (Lipinski definition) is 2. The molecular weight excluding hydrogens is 286 g/mol. The van der Waals surface area contributed by atoms with Crippen LogP contribution in [0.5, 0.6) is 0 Å². The molecule has 0 radical (unpaired) electrons. The molecule has 2 aromatic rings. The lowest BCUT2D eigenvalue weighted by Crippen LogP contribution is -2.13. The number of carbonyl (C=O) groups is 1. The van der Waals surface area contributed by atoms with E-state index in [0.717, 1.165) is 11.3 Å². The average Bonchev–Trinajstić information content (AvgIpc) is 2.83. The lowest BCUT2D eigenvalue weighted by Gasteiger charge is -2.20. The van der Waals surface area contributed by atoms with E-state index in [1.54, 1.807) is 0 Å². The van der Waals surface area contributed by atoms with Gasteiger partial charge in [0, 0.05) is 23.0 Å². The molecule has 2 unspecified atom stereocenters. The van der Waals surface area contributed by atoms with Gasteiger partial charge >= 0.3 is 5.97 Å². The lowest BCUT2D eigenvalue weighted by molar-refractivity contribution is -0.137. The van der Waals surface area contributed by atoms with Crippen LogP contribution in [0.1, 0.15) is 35.9 Å². The van der Waals surface area contributed by atoms with Crippen LogP contribution in [-0.2, 0) is 4.79 Å². The minimum atomic E-state index is -0.760. The molecule has 0 aromatic heterocycles. The first-order valence-corrected chi connectivity index (χ1v) is 7.35. The number of benzene rings is 2. The lowest BCUT2D eigenvalue weighted by atomic mass is 9.87. The summed E-state index contributed by atoms with van der Waals surface area (Å²) in [6.07, 6.45) is 0.772. The molecule has 108 valence electrons. The van der Waals surface area contributed by atoms with E-state index in [1.807, 2.05) is 36.4 Å². The van der Waals surface area contributed by atoms with Crippen molar-refractivity contribution in [3.05, 3.63) is 64.7 Å². The molecule has 2 N–H and O–H groups in total. The Balaban J connectivity index is 1.95. The standard InChI is InChI=1S/C17H16ClNO2/c18-12-6-7-13-14(8-9-16(20)21)17(19-15(13)10-12)11-4-2-1-3-5-11/h1-7,10,14,17,19H,8-9H2,(H,20,21). The monoisotopic (exact) mass is 301 g/mol. The topological polar surface area (TPSA) is 49.3 Å². The first-order valence-electron chi connectivity index (χ1n) is 6.98. The highest BCUT2D eigenvalue weighted by Crippen LogP contribution is 2.47. The minimum absolute atomic E-state index is 0.0963. The summed E-state index contributed by atoms with van der Waals surface area (Å²) >= 11 is 6.06. The molecule has 3 nitrogen and oxygen atoms in total. The summed E-state index contributed by atoms with van der Waals surface area (Å²) in [4.78, 5) is 10.9. The molecule has 21 heavy (non-hydrogen) atoms. The van der Waals surface area contributed by atoms with Gasteiger partial charge < -0.3 is 10.4 Å². The van der Waals surface area contributed by atoms with Crippen molar-refractivity contribution >= 4 is 23.3 Å². The average molecular weight is 302 g/mol. The summed E-state index contributed by atoms with van der Waals surface area (Å²) in [5.41, 5.74) is 3.32. The number of fused-ring (bicyclic) bond motifs is 1. The molecule has 0 amide bonds. The molecule has 1 aliphatic heterocycles. The maximum atomic E-state index is 10.9. The van der Waals surface area contributed by atoms with Gasteiger partial charge in [0.15, 0.2) is 0 Å². The molecular formula is C17H16ClNO2. The third-order valence-corrected chi connectivity index (χ3v) is 4.19. The fourth-order valence-corrected chi connectivity index (χ4v) is 3.17. The van der Waals surface area contributed by atoms with Crippen molar-refractivity contribution in [3.8, 4) is 0 Å². The number of aliphatic carboxylic acids is 1. The van der Waals surface area contributed by atoms with Crippen LogP contribution in [0.2, 0.25) is 5.02 Å². The number of carboxylic acids is 1. The van der Waals surface area contributed by atoms with Crippen LogP contribution < -0.4 is 5.32 Å². The maximum absolute atomic E-state index is 10.9. The fraction of sp³-hybridized carbons (Fsp3) is 0.235. The Hall–Kier alpha value is -2.00. The van der Waals surface area contributed by atoms with E-state index in [-0.39, 0.29) is 18.4 Å². The van der Waals surface area contributed by atoms with Gasteiger partial charge in [0.05, 0.1) is 6.04 Å². The Morgan fingerprint density at radius 2 is 1.95 bits per heavy atom. The fourth-order valence-electron chi connectivity index (χ4n) is 3.00. The van der Waals surface area contributed by atoms with Crippen LogP contribution in [0.3, 0.4) is 0 Å². The molecule has 2 aromatic carbocycles. The van der Waals surface area contributed by atoms with Crippen molar-refractivity contribution in [2.24, 2.45) is 0 Å². The van der Waals surface area contributed by atoms with Gasteiger partial charge in [-0.05, 0) is 29.7 Å². The number of rotatable bonds is 4. The summed E-state index contributed by atoms with van der Waals surface area (Å²) in [6, 6.07) is 16.0. The zero-order valence-corrected chi connectivity index (χ0v) is 12.2. The maximum Gasteiger partial charge on any atom is 0.303 e. The van der Waals surface area contributed by atoms with E-state index in [9.17, 15) is 4.79 Å². The Morgan fingerprint density at radius 3 is 2.67 bits per heavy atom. The molecule has 0 aliphatic carbocycles. The van der Waals surface area contributed by atoms with Gasteiger partial charge in [0.2, 0.25) is 0 Å². The number of carboxylic acid groups (broad SMARTS) is 1. The van der Waals surface area contributed by atoms with Crippen LogP contribution in [0, 0.1) is 0 Å². The Labute approximate surface area is 128 Å². The Bertz CT molecular complexity index is 657. The van der Waals surface area contributed by atoms with Gasteiger partial charge in [-0.2, -0.15) is 0 Å². The summed E-state index contributed by atoms with van der Waals surface area (Å²) < 4.78 is 0. The van der Waals surface area contributed by atoms with Gasteiger partial charge in [-0.1, -0.05) is 48.0 Å². The van der Waals surface area contributed by atoms with Gasteiger partial charge in [-0.15, -0.1) is 0 Å². The molecule has 3 rings (SSSR count). The van der Waals surface area contributed by atoms with Gasteiger partial charge in [0.1, 0.15) is 0 Å². The third-order valence-electron chi connectivity index (χ3n) is 3.96. The van der Waals surface area contributed by atoms with Crippen LogP contribution in [0.25, 0.3) is 0 Å². The number of anilines is 1. The summed E-state index contributed by atoms with van der Waals surface area (Å²) in [5, 5.41) is 13.2. The highest BCUT2D eigenvalue weighted by molar-refractivity contribution is 6.30. The normalized spacial score (nSPS) is 19.9. The van der Waals surface area contributed by atoms with Crippen molar-refractivity contribution in [2.75, 3.05) is 5.32 Å². The van der Waals surface area contributed by atoms with Crippen LogP contribution in [-0.4, -0.2) is 11.1 Å². The highest BCUT2D eigenvalue weighted by atomic mass is 35.5. The first kappa shape index (κ1) is 14.0.